The van der Waals surface area contributed by atoms with Gasteiger partial charge in [0.1, 0.15) is 11.6 Å². The van der Waals surface area contributed by atoms with E-state index in [-0.39, 0.29) is 29.7 Å². The van der Waals surface area contributed by atoms with Gasteiger partial charge < -0.3 is 30.1 Å². The molecule has 4 aliphatic rings. The van der Waals surface area contributed by atoms with Crippen molar-refractivity contribution in [1.82, 2.24) is 34.6 Å². The van der Waals surface area contributed by atoms with Crippen molar-refractivity contribution in [2.45, 2.75) is 75.9 Å². The van der Waals surface area contributed by atoms with Crippen LogP contribution in [0.3, 0.4) is 0 Å². The van der Waals surface area contributed by atoms with Crippen LogP contribution in [0.5, 0.6) is 0 Å². The third-order valence-electron chi connectivity index (χ3n) is 10.5. The monoisotopic (exact) mass is 651 g/mol. The summed E-state index contributed by atoms with van der Waals surface area (Å²) in [5.74, 6) is 1.40. The molecule has 0 radical (unpaired) electrons. The van der Waals surface area contributed by atoms with Gasteiger partial charge in [0.25, 0.3) is 6.43 Å². The van der Waals surface area contributed by atoms with Gasteiger partial charge in [-0.05, 0) is 96.7 Å². The highest BCUT2D eigenvalue weighted by molar-refractivity contribution is 5.79. The van der Waals surface area contributed by atoms with Gasteiger partial charge in [-0.2, -0.15) is 9.97 Å². The number of imidazole rings is 1. The van der Waals surface area contributed by atoms with Crippen LogP contribution in [0, 0.1) is 5.92 Å². The minimum absolute atomic E-state index is 0.101. The number of rotatable bonds is 8. The summed E-state index contributed by atoms with van der Waals surface area (Å²) in [6, 6.07) is 9.85. The van der Waals surface area contributed by atoms with Gasteiger partial charge in [-0.25, -0.2) is 13.8 Å². The second kappa shape index (κ2) is 14.4. The molecular formula is C34H47F2N9O2. The summed E-state index contributed by atoms with van der Waals surface area (Å²) >= 11 is 0. The Labute approximate surface area is 275 Å². The van der Waals surface area contributed by atoms with E-state index in [2.05, 4.69) is 32.5 Å². The number of anilines is 2. The number of para-hydroxylation sites is 2. The molecule has 1 amide bonds. The van der Waals surface area contributed by atoms with Crippen molar-refractivity contribution in [3.63, 3.8) is 0 Å². The zero-order valence-corrected chi connectivity index (χ0v) is 27.3. The normalized spacial score (nSPS) is 24.2. The van der Waals surface area contributed by atoms with Crippen molar-refractivity contribution < 1.29 is 18.3 Å². The van der Waals surface area contributed by atoms with Crippen LogP contribution in [0.1, 0.15) is 63.6 Å². The number of piperidine rings is 2. The van der Waals surface area contributed by atoms with Gasteiger partial charge in [-0.3, -0.25) is 9.36 Å². The summed E-state index contributed by atoms with van der Waals surface area (Å²) in [6.45, 7) is 6.72. The fraction of sp³-hybridized carbons (Fsp3) is 0.647. The fourth-order valence-electron chi connectivity index (χ4n) is 7.74. The van der Waals surface area contributed by atoms with Gasteiger partial charge in [0, 0.05) is 43.2 Å². The van der Waals surface area contributed by atoms with E-state index >= 15 is 0 Å². The molecule has 3 aromatic rings. The highest BCUT2D eigenvalue weighted by atomic mass is 19.3. The molecule has 3 saturated heterocycles. The van der Waals surface area contributed by atoms with Crippen molar-refractivity contribution in [1.29, 1.82) is 0 Å². The van der Waals surface area contributed by atoms with Crippen molar-refractivity contribution >= 4 is 28.7 Å². The van der Waals surface area contributed by atoms with Crippen molar-refractivity contribution in [2.75, 3.05) is 69.7 Å². The smallest absolute Gasteiger partial charge is 0.296 e. The van der Waals surface area contributed by atoms with E-state index < -0.39 is 6.43 Å². The number of amides is 1. The van der Waals surface area contributed by atoms with E-state index in [0.717, 1.165) is 64.7 Å². The molecular weight excluding hydrogens is 604 g/mol. The molecule has 0 spiro atoms. The van der Waals surface area contributed by atoms with Crippen LogP contribution < -0.4 is 15.5 Å². The van der Waals surface area contributed by atoms with E-state index in [1.807, 2.05) is 11.0 Å². The summed E-state index contributed by atoms with van der Waals surface area (Å²) in [6.07, 6.45) is 5.09. The van der Waals surface area contributed by atoms with Crippen LogP contribution in [-0.4, -0.2) is 113 Å². The summed E-state index contributed by atoms with van der Waals surface area (Å²) in [5.41, 5.74) is 1.07. The van der Waals surface area contributed by atoms with Crippen LogP contribution in [0.4, 0.5) is 20.5 Å². The molecule has 0 unspecified atom stereocenters. The van der Waals surface area contributed by atoms with Crippen LogP contribution >= 0.6 is 0 Å². The third-order valence-corrected chi connectivity index (χ3v) is 10.5. The second-order valence-corrected chi connectivity index (χ2v) is 13.7. The fourth-order valence-corrected chi connectivity index (χ4v) is 7.74. The van der Waals surface area contributed by atoms with E-state index in [1.54, 1.807) is 24.3 Å². The van der Waals surface area contributed by atoms with Crippen molar-refractivity contribution in [2.24, 2.45) is 5.92 Å². The number of halogens is 2. The zero-order valence-electron chi connectivity index (χ0n) is 27.3. The number of ether oxygens (including phenoxy) is 1. The maximum atomic E-state index is 14.2. The standard InChI is InChI=1S/C34H47F2N9O2/c1-42-14-12-26(13-15-42)43-16-10-23(11-17-43)33(46)38-25-8-6-24(7-9-25)37-29-22-30(41-34(40-29)44-18-20-47-21-19-44)45-28-5-3-2-4-27(28)39-32(45)31(35)36/h2-5,22-26,31H,6-21H2,1H3,(H,38,46)(H,37,40,41)/t24-,25-. The molecule has 0 atom stereocenters. The lowest BCUT2D eigenvalue weighted by Gasteiger charge is -2.41. The maximum absolute atomic E-state index is 14.2. The second-order valence-electron chi connectivity index (χ2n) is 13.7. The van der Waals surface area contributed by atoms with Gasteiger partial charge in [0.2, 0.25) is 11.9 Å². The lowest BCUT2D eigenvalue weighted by atomic mass is 9.89. The SMILES string of the molecule is CN1CCC(N2CCC(C(=O)N[C@H]3CC[C@H](Nc4cc(-n5c(C(F)F)nc6ccccc65)nc(N5CCOCC5)n4)CC3)CC2)CC1. The molecule has 11 nitrogen and oxygen atoms in total. The van der Waals surface area contributed by atoms with Gasteiger partial charge in [-0.15, -0.1) is 0 Å². The number of carbonyl (C=O) groups excluding carboxylic acids is 1. The molecule has 2 aromatic heterocycles. The molecule has 7 rings (SSSR count). The largest absolute Gasteiger partial charge is 0.378 e. The molecule has 254 valence electrons. The molecule has 4 fully saturated rings. The van der Waals surface area contributed by atoms with Crippen molar-refractivity contribution in [3.8, 4) is 5.82 Å². The Balaban J connectivity index is 0.989. The Hall–Kier alpha value is -3.42. The Bertz CT molecular complexity index is 1510. The molecule has 1 saturated carbocycles. The first-order chi connectivity index (χ1) is 22.9. The summed E-state index contributed by atoms with van der Waals surface area (Å²) in [4.78, 5) is 34.1. The lowest BCUT2D eigenvalue weighted by molar-refractivity contribution is -0.127. The van der Waals surface area contributed by atoms with E-state index in [0.29, 0.717) is 61.0 Å². The maximum Gasteiger partial charge on any atom is 0.296 e. The number of benzene rings is 1. The number of morpholine rings is 1. The topological polar surface area (TPSA) is 104 Å². The molecule has 0 bridgehead atoms. The van der Waals surface area contributed by atoms with E-state index in [4.69, 9.17) is 14.7 Å². The van der Waals surface area contributed by atoms with Crippen molar-refractivity contribution in [3.05, 3.63) is 36.2 Å². The molecule has 3 aliphatic heterocycles. The predicted molar refractivity (Wildman–Crippen MR) is 177 cm³/mol. The average molecular weight is 652 g/mol. The number of nitrogens with one attached hydrogen (secondary N) is 2. The minimum Gasteiger partial charge on any atom is -0.378 e. The summed E-state index contributed by atoms with van der Waals surface area (Å²) in [5, 5.41) is 6.95. The predicted octanol–water partition coefficient (Wildman–Crippen LogP) is 4.24. The molecule has 5 heterocycles. The molecule has 13 heteroatoms. The molecule has 1 aliphatic carbocycles. The molecule has 47 heavy (non-hydrogen) atoms. The number of nitrogens with zero attached hydrogens (tertiary/aromatic N) is 7. The zero-order chi connectivity index (χ0) is 32.3. The number of likely N-dealkylation sites (tertiary alicyclic amines) is 2. The quantitative estimate of drug-likeness (QED) is 0.371. The number of hydrogen-bond donors (Lipinski definition) is 2. The van der Waals surface area contributed by atoms with Crippen LogP contribution in [0.25, 0.3) is 16.9 Å². The first kappa shape index (κ1) is 32.1. The Morgan fingerprint density at radius 2 is 1.57 bits per heavy atom. The van der Waals surface area contributed by atoms with Crippen LogP contribution in [0.2, 0.25) is 0 Å². The third kappa shape index (κ3) is 7.36. The Morgan fingerprint density at radius 3 is 2.30 bits per heavy atom. The van der Waals surface area contributed by atoms with Gasteiger partial charge >= 0.3 is 0 Å². The highest BCUT2D eigenvalue weighted by Gasteiger charge is 2.32. The highest BCUT2D eigenvalue weighted by Crippen LogP contribution is 2.31. The molecule has 1 aromatic carbocycles. The number of carbonyl (C=O) groups is 1. The summed E-state index contributed by atoms with van der Waals surface area (Å²) in [7, 11) is 2.20. The summed E-state index contributed by atoms with van der Waals surface area (Å²) < 4.78 is 35.4. The van der Waals surface area contributed by atoms with Crippen LogP contribution in [0.15, 0.2) is 30.3 Å². The number of fused-ring (bicyclic) bond motifs is 1. The number of alkyl halides is 2. The minimum atomic E-state index is -2.77. The first-order valence-corrected chi connectivity index (χ1v) is 17.4. The Kier molecular flexibility index (Phi) is 9.83. The Morgan fingerprint density at radius 1 is 0.872 bits per heavy atom. The van der Waals surface area contributed by atoms with Gasteiger partial charge in [0.05, 0.1) is 24.2 Å². The van der Waals surface area contributed by atoms with E-state index in [9.17, 15) is 13.6 Å². The number of hydrogen-bond acceptors (Lipinski definition) is 9. The van der Waals surface area contributed by atoms with Gasteiger partial charge in [0.15, 0.2) is 5.82 Å². The lowest BCUT2D eigenvalue weighted by Crippen LogP contribution is -2.49. The van der Waals surface area contributed by atoms with E-state index in [1.165, 1.54) is 17.4 Å². The average Bonchev–Trinajstić information content (AvgIpc) is 3.50. The van der Waals surface area contributed by atoms with Gasteiger partial charge in [-0.1, -0.05) is 12.1 Å². The molecule has 2 N–H and O–H groups in total. The number of aromatic nitrogens is 4. The first-order valence-electron chi connectivity index (χ1n) is 17.4. The van der Waals surface area contributed by atoms with Crippen LogP contribution in [-0.2, 0) is 9.53 Å².